The molecule has 4 aromatic rings. The van der Waals surface area contributed by atoms with Gasteiger partial charge in [-0.2, -0.15) is 5.26 Å². The summed E-state index contributed by atoms with van der Waals surface area (Å²) in [6, 6.07) is 38.5. The highest BCUT2D eigenvalue weighted by Crippen LogP contribution is 2.57. The number of sulfonamides is 1. The largest absolute Gasteiger partial charge is 0.267 e. The van der Waals surface area contributed by atoms with E-state index in [1.165, 1.54) is 0 Å². The summed E-state index contributed by atoms with van der Waals surface area (Å²) in [6.07, 6.45) is 0. The fourth-order valence-electron chi connectivity index (χ4n) is 3.85. The van der Waals surface area contributed by atoms with Crippen molar-refractivity contribution < 1.29 is 37.3 Å². The van der Waals surface area contributed by atoms with Gasteiger partial charge in [0.25, 0.3) is 10.0 Å². The Morgan fingerprint density at radius 3 is 1.44 bits per heavy atom. The van der Waals surface area contributed by atoms with Gasteiger partial charge in [-0.3, -0.25) is 4.72 Å². The van der Waals surface area contributed by atoms with E-state index < -0.39 is 27.5 Å². The summed E-state index contributed by atoms with van der Waals surface area (Å²) in [5.41, 5.74) is 0.947. The molecule has 0 aromatic heterocycles. The monoisotopic (exact) mass is 582 g/mol. The Morgan fingerprint density at radius 1 is 0.744 bits per heavy atom. The van der Waals surface area contributed by atoms with Gasteiger partial charge >= 0.3 is 0 Å². The van der Waals surface area contributed by atoms with Crippen LogP contribution in [0, 0.1) is 28.5 Å². The van der Waals surface area contributed by atoms with Gasteiger partial charge in [-0.1, -0.05) is 72.3 Å². The van der Waals surface area contributed by atoms with Crippen molar-refractivity contribution in [2.45, 2.75) is 11.8 Å². The lowest BCUT2D eigenvalue weighted by molar-refractivity contribution is -2.00. The number of rotatable bonds is 7. The number of allylic oxidation sites excluding steroid dienone is 1. The lowest BCUT2D eigenvalue weighted by Gasteiger charge is -2.24. The molecule has 0 atom stereocenters. The van der Waals surface area contributed by atoms with Crippen molar-refractivity contribution in [2.75, 3.05) is 0 Å². The quantitative estimate of drug-likeness (QED) is 0.234. The second-order valence-corrected chi connectivity index (χ2v) is 13.9. The van der Waals surface area contributed by atoms with Crippen LogP contribution in [0.15, 0.2) is 132 Å². The fraction of sp³-hybridized carbons (Fsp3) is 0.0357. The van der Waals surface area contributed by atoms with E-state index in [0.717, 1.165) is 21.5 Å². The molecule has 200 valence electrons. The number of hydrogen-bond acceptors (Lipinski definition) is 7. The molecule has 4 rings (SSSR count). The summed E-state index contributed by atoms with van der Waals surface area (Å²) in [7, 11) is -11.4. The zero-order valence-corrected chi connectivity index (χ0v) is 23.1. The van der Waals surface area contributed by atoms with E-state index in [1.807, 2.05) is 104 Å². The Balaban J connectivity index is 0.000000771. The number of nitriles is 1. The second-order valence-electron chi connectivity index (χ2n) is 8.18. The minimum Gasteiger partial charge on any atom is -0.267 e. The first-order valence-corrected chi connectivity index (χ1v) is 15.9. The summed E-state index contributed by atoms with van der Waals surface area (Å²) in [5, 5.41) is 13.1. The van der Waals surface area contributed by atoms with Gasteiger partial charge < -0.3 is 0 Å². The topological polar surface area (TPSA) is 162 Å². The number of halogens is 1. The molecule has 8 nitrogen and oxygen atoms in total. The van der Waals surface area contributed by atoms with Crippen molar-refractivity contribution in [1.29, 1.82) is 5.26 Å². The average Bonchev–Trinajstić information content (AvgIpc) is 2.92. The van der Waals surface area contributed by atoms with E-state index in [-0.39, 0.29) is 10.6 Å². The highest BCUT2D eigenvalue weighted by molar-refractivity contribution is 7.98. The molecule has 0 fully saturated rings. The maximum absolute atomic E-state index is 13.1. The van der Waals surface area contributed by atoms with Crippen molar-refractivity contribution >= 4 is 33.2 Å². The van der Waals surface area contributed by atoms with Crippen LogP contribution < -0.4 is 39.3 Å². The molecule has 4 aromatic carbocycles. The molecule has 0 aliphatic carbocycles. The molecule has 0 bridgehead atoms. The molecule has 0 heterocycles. The number of hydrogen-bond donors (Lipinski definition) is 1. The SMILES string of the molecule is Cc1ccc(S(=O)(=O)N/C(C#N)=C/[P+](c2ccccc2)(c2ccccc2)c2ccccc2)cc1.[O-][Cl+3]([O-])([O-])[O-]. The molecule has 0 radical (unpaired) electrons. The van der Waals surface area contributed by atoms with Gasteiger partial charge in [0.05, 0.1) is 4.90 Å². The number of nitrogens with zero attached hydrogens (tertiary/aromatic N) is 1. The molecule has 1 N–H and O–H groups in total. The molecule has 39 heavy (non-hydrogen) atoms. The highest BCUT2D eigenvalue weighted by atomic mass is 35.7. The highest BCUT2D eigenvalue weighted by Gasteiger charge is 2.44. The van der Waals surface area contributed by atoms with Crippen LogP contribution in [0.1, 0.15) is 5.56 Å². The smallest absolute Gasteiger partial charge is 0.262 e. The van der Waals surface area contributed by atoms with E-state index in [9.17, 15) is 13.7 Å². The molecular formula is C28H24ClN2O6PS. The molecule has 0 amide bonds. The first kappa shape index (κ1) is 30.0. The molecule has 0 saturated heterocycles. The summed E-state index contributed by atoms with van der Waals surface area (Å²) >= 11 is 0. The summed E-state index contributed by atoms with van der Waals surface area (Å²) in [5.74, 6) is 1.82. The summed E-state index contributed by atoms with van der Waals surface area (Å²) < 4.78 is 62.8. The normalized spacial score (nSPS) is 12.1. The molecule has 0 aliphatic heterocycles. The molecule has 0 spiro atoms. The third kappa shape index (κ3) is 8.20. The van der Waals surface area contributed by atoms with Crippen LogP contribution in [0.4, 0.5) is 0 Å². The van der Waals surface area contributed by atoms with Crippen LogP contribution in [0.3, 0.4) is 0 Å². The predicted molar refractivity (Wildman–Crippen MR) is 140 cm³/mol. The van der Waals surface area contributed by atoms with E-state index in [4.69, 9.17) is 18.6 Å². The van der Waals surface area contributed by atoms with Crippen LogP contribution in [-0.4, -0.2) is 8.42 Å². The first-order valence-electron chi connectivity index (χ1n) is 11.4. The number of aryl methyl sites for hydroxylation is 1. The third-order valence-electron chi connectivity index (χ3n) is 5.51. The van der Waals surface area contributed by atoms with Crippen LogP contribution in [0.5, 0.6) is 0 Å². The maximum Gasteiger partial charge on any atom is 0.262 e. The van der Waals surface area contributed by atoms with Gasteiger partial charge in [0, 0.05) is 0 Å². The van der Waals surface area contributed by atoms with Gasteiger partial charge in [0.1, 0.15) is 35.1 Å². The van der Waals surface area contributed by atoms with Gasteiger partial charge in [0.15, 0.2) is 5.70 Å². The Kier molecular flexibility index (Phi) is 9.97. The standard InChI is InChI=1S/C28H24N2O2PS.ClHO4/c1-23-17-19-28(20-18-23)34(31,32)30-24(21-29)22-33(25-11-5-2-6-12-25,26-13-7-3-8-14-26)27-15-9-4-10-16-27;2-1(3,4)5/h2-20,22,30H,1H3;(H,2,3,4,5)/q+1;/p-1/b24-22+;. The number of benzene rings is 4. The van der Waals surface area contributed by atoms with Crippen molar-refractivity contribution in [3.8, 4) is 6.07 Å². The molecule has 0 saturated carbocycles. The van der Waals surface area contributed by atoms with E-state index >= 15 is 0 Å². The van der Waals surface area contributed by atoms with Crippen LogP contribution >= 0.6 is 7.26 Å². The first-order chi connectivity index (χ1) is 18.5. The number of nitrogens with one attached hydrogen (secondary N) is 1. The molecule has 11 heteroatoms. The van der Waals surface area contributed by atoms with Gasteiger partial charge in [-0.15, -0.1) is 10.2 Å². The zero-order chi connectivity index (χ0) is 28.5. The molecule has 0 unspecified atom stereocenters. The zero-order valence-electron chi connectivity index (χ0n) is 20.7. The minimum absolute atomic E-state index is 0.00883. The van der Waals surface area contributed by atoms with Crippen LogP contribution in [-0.2, 0) is 10.0 Å². The Bertz CT molecular complexity index is 1440. The average molecular weight is 583 g/mol. The van der Waals surface area contributed by atoms with Crippen LogP contribution in [0.25, 0.3) is 0 Å². The van der Waals surface area contributed by atoms with Gasteiger partial charge in [0.2, 0.25) is 0 Å². The third-order valence-corrected chi connectivity index (χ3v) is 10.9. The fourth-order valence-corrected chi connectivity index (χ4v) is 8.73. The molecular weight excluding hydrogens is 559 g/mol. The van der Waals surface area contributed by atoms with Crippen molar-refractivity contribution in [2.24, 2.45) is 0 Å². The summed E-state index contributed by atoms with van der Waals surface area (Å²) in [6.45, 7) is 1.89. The van der Waals surface area contributed by atoms with E-state index in [0.29, 0.717) is 0 Å². The second kappa shape index (κ2) is 13.0. The van der Waals surface area contributed by atoms with E-state index in [2.05, 4.69) is 10.8 Å². The summed E-state index contributed by atoms with van der Waals surface area (Å²) in [4.78, 5) is 0.113. The molecule has 0 aliphatic rings. The van der Waals surface area contributed by atoms with Gasteiger partial charge in [-0.25, -0.2) is 27.1 Å². The Hall–Kier alpha value is -3.58. The van der Waals surface area contributed by atoms with Crippen molar-refractivity contribution in [1.82, 2.24) is 4.72 Å². The Labute approximate surface area is 230 Å². The lowest BCUT2D eigenvalue weighted by Crippen LogP contribution is -2.68. The van der Waals surface area contributed by atoms with Crippen LogP contribution in [0.2, 0.25) is 0 Å². The van der Waals surface area contributed by atoms with Gasteiger partial charge in [-0.05, 0) is 55.5 Å². The maximum atomic E-state index is 13.1. The minimum atomic E-state index is -4.94. The van der Waals surface area contributed by atoms with Crippen molar-refractivity contribution in [3.63, 3.8) is 0 Å². The lowest BCUT2D eigenvalue weighted by atomic mass is 10.2. The van der Waals surface area contributed by atoms with E-state index in [1.54, 1.807) is 24.3 Å². The van der Waals surface area contributed by atoms with Crippen molar-refractivity contribution in [3.05, 3.63) is 132 Å². The Morgan fingerprint density at radius 2 is 1.10 bits per heavy atom. The predicted octanol–water partition coefficient (Wildman–Crippen LogP) is -0.124.